The fraction of sp³-hybridized carbons (Fsp3) is 0.316. The molecule has 2 aromatic carbocycles. The first-order chi connectivity index (χ1) is 11.7. The Hall–Kier alpha value is -2.53. The van der Waals surface area contributed by atoms with Crippen LogP contribution in [0.1, 0.15) is 11.1 Å². The summed E-state index contributed by atoms with van der Waals surface area (Å²) in [7, 11) is 3.18. The third kappa shape index (κ3) is 3.68. The van der Waals surface area contributed by atoms with Crippen molar-refractivity contribution in [3.8, 4) is 11.5 Å². The van der Waals surface area contributed by atoms with Gasteiger partial charge in [-0.25, -0.2) is 0 Å². The van der Waals surface area contributed by atoms with Crippen LogP contribution in [-0.2, 0) is 17.8 Å². The van der Waals surface area contributed by atoms with Gasteiger partial charge < -0.3 is 19.7 Å². The number of methoxy groups -OCH3 is 2. The number of amides is 1. The summed E-state index contributed by atoms with van der Waals surface area (Å²) < 4.78 is 10.5. The van der Waals surface area contributed by atoms with Crippen LogP contribution in [0.2, 0.25) is 0 Å². The SMILES string of the molecule is COc1ccc(NC(=O)C[NH+]2CCc3ccccc3C2)c(OC)c1. The Balaban J connectivity index is 1.62. The summed E-state index contributed by atoms with van der Waals surface area (Å²) in [6.07, 6.45) is 1.02. The van der Waals surface area contributed by atoms with E-state index in [1.165, 1.54) is 16.0 Å². The summed E-state index contributed by atoms with van der Waals surface area (Å²) in [5.41, 5.74) is 3.41. The van der Waals surface area contributed by atoms with Crippen LogP contribution >= 0.6 is 0 Å². The van der Waals surface area contributed by atoms with Crippen LogP contribution < -0.4 is 19.7 Å². The molecule has 0 saturated heterocycles. The largest absolute Gasteiger partial charge is 0.497 e. The van der Waals surface area contributed by atoms with Gasteiger partial charge in [0.15, 0.2) is 6.54 Å². The molecule has 0 spiro atoms. The third-order valence-corrected chi connectivity index (χ3v) is 4.40. The third-order valence-electron chi connectivity index (χ3n) is 4.40. The van der Waals surface area contributed by atoms with E-state index in [0.717, 1.165) is 19.5 Å². The van der Waals surface area contributed by atoms with Crippen molar-refractivity contribution in [2.75, 3.05) is 32.6 Å². The Morgan fingerprint density at radius 3 is 2.67 bits per heavy atom. The molecule has 1 amide bonds. The monoisotopic (exact) mass is 327 g/mol. The van der Waals surface area contributed by atoms with Gasteiger partial charge in [0.2, 0.25) is 0 Å². The number of carbonyl (C=O) groups excluding carboxylic acids is 1. The van der Waals surface area contributed by atoms with E-state index in [0.29, 0.717) is 23.7 Å². The highest BCUT2D eigenvalue weighted by Gasteiger charge is 2.21. The van der Waals surface area contributed by atoms with Gasteiger partial charge in [-0.1, -0.05) is 24.3 Å². The second-order valence-corrected chi connectivity index (χ2v) is 5.99. The smallest absolute Gasteiger partial charge is 0.279 e. The average Bonchev–Trinajstić information content (AvgIpc) is 2.62. The zero-order chi connectivity index (χ0) is 16.9. The van der Waals surface area contributed by atoms with E-state index in [1.54, 1.807) is 26.4 Å². The maximum absolute atomic E-state index is 12.4. The maximum Gasteiger partial charge on any atom is 0.279 e. The van der Waals surface area contributed by atoms with Gasteiger partial charge in [0.1, 0.15) is 18.0 Å². The lowest BCUT2D eigenvalue weighted by molar-refractivity contribution is -0.907. The Morgan fingerprint density at radius 1 is 1.12 bits per heavy atom. The predicted molar refractivity (Wildman–Crippen MR) is 92.7 cm³/mol. The molecule has 2 N–H and O–H groups in total. The lowest BCUT2D eigenvalue weighted by Crippen LogP contribution is -3.12. The number of anilines is 1. The molecule has 3 rings (SSSR count). The minimum Gasteiger partial charge on any atom is -0.497 e. The number of quaternary nitrogens is 1. The Labute approximate surface area is 142 Å². The van der Waals surface area contributed by atoms with Crippen molar-refractivity contribution >= 4 is 11.6 Å². The molecule has 0 saturated carbocycles. The molecule has 1 atom stereocenters. The van der Waals surface area contributed by atoms with Gasteiger partial charge in [-0.05, 0) is 17.7 Å². The fourth-order valence-electron chi connectivity index (χ4n) is 3.12. The number of hydrogen-bond acceptors (Lipinski definition) is 3. The molecule has 5 heteroatoms. The number of fused-ring (bicyclic) bond motifs is 1. The average molecular weight is 327 g/mol. The molecule has 5 nitrogen and oxygen atoms in total. The summed E-state index contributed by atoms with van der Waals surface area (Å²) in [6.45, 7) is 2.32. The Kier molecular flexibility index (Phi) is 5.01. The topological polar surface area (TPSA) is 52.0 Å². The summed E-state index contributed by atoms with van der Waals surface area (Å²) in [5.74, 6) is 1.29. The number of nitrogens with one attached hydrogen (secondary N) is 2. The molecule has 126 valence electrons. The molecule has 0 aromatic heterocycles. The lowest BCUT2D eigenvalue weighted by Gasteiger charge is -2.25. The van der Waals surface area contributed by atoms with Crippen LogP contribution in [0.25, 0.3) is 0 Å². The van der Waals surface area contributed by atoms with E-state index in [-0.39, 0.29) is 5.91 Å². The zero-order valence-corrected chi connectivity index (χ0v) is 14.1. The molecule has 1 heterocycles. The van der Waals surface area contributed by atoms with Crippen LogP contribution in [-0.4, -0.2) is 33.2 Å². The second kappa shape index (κ2) is 7.36. The van der Waals surface area contributed by atoms with E-state index >= 15 is 0 Å². The van der Waals surface area contributed by atoms with Gasteiger partial charge in [-0.3, -0.25) is 4.79 Å². The predicted octanol–water partition coefficient (Wildman–Crippen LogP) is 1.28. The molecule has 0 fully saturated rings. The molecule has 0 bridgehead atoms. The van der Waals surface area contributed by atoms with E-state index < -0.39 is 0 Å². The number of hydrogen-bond donors (Lipinski definition) is 2. The molecular weight excluding hydrogens is 304 g/mol. The molecule has 1 aliphatic heterocycles. The summed E-state index contributed by atoms with van der Waals surface area (Å²) >= 11 is 0. The minimum atomic E-state index is -0.00662. The maximum atomic E-state index is 12.4. The molecule has 1 unspecified atom stereocenters. The van der Waals surface area contributed by atoms with Crippen molar-refractivity contribution in [1.29, 1.82) is 0 Å². The first-order valence-corrected chi connectivity index (χ1v) is 8.12. The van der Waals surface area contributed by atoms with Crippen LogP contribution in [0.3, 0.4) is 0 Å². The highest BCUT2D eigenvalue weighted by molar-refractivity contribution is 5.93. The van der Waals surface area contributed by atoms with Crippen molar-refractivity contribution in [2.24, 2.45) is 0 Å². The molecule has 24 heavy (non-hydrogen) atoms. The fourth-order valence-corrected chi connectivity index (χ4v) is 3.12. The Morgan fingerprint density at radius 2 is 1.92 bits per heavy atom. The summed E-state index contributed by atoms with van der Waals surface area (Å²) in [5, 5.41) is 2.94. The first-order valence-electron chi connectivity index (χ1n) is 8.12. The minimum absolute atomic E-state index is 0.00662. The van der Waals surface area contributed by atoms with E-state index in [4.69, 9.17) is 9.47 Å². The first kappa shape index (κ1) is 16.3. The highest BCUT2D eigenvalue weighted by Crippen LogP contribution is 2.28. The molecule has 2 aromatic rings. The summed E-state index contributed by atoms with van der Waals surface area (Å²) in [4.78, 5) is 13.7. The zero-order valence-electron chi connectivity index (χ0n) is 14.1. The van der Waals surface area contributed by atoms with Crippen LogP contribution in [0.15, 0.2) is 42.5 Å². The van der Waals surface area contributed by atoms with Crippen molar-refractivity contribution in [2.45, 2.75) is 13.0 Å². The van der Waals surface area contributed by atoms with Crippen molar-refractivity contribution in [3.05, 3.63) is 53.6 Å². The number of rotatable bonds is 5. The lowest BCUT2D eigenvalue weighted by atomic mass is 10.00. The van der Waals surface area contributed by atoms with Gasteiger partial charge in [-0.15, -0.1) is 0 Å². The standard InChI is InChI=1S/C19H22N2O3/c1-23-16-7-8-17(18(11-16)24-2)20-19(22)13-21-10-9-14-5-3-4-6-15(14)12-21/h3-8,11H,9-10,12-13H2,1-2H3,(H,20,22)/p+1. The van der Waals surface area contributed by atoms with Gasteiger partial charge in [0.05, 0.1) is 26.5 Å². The van der Waals surface area contributed by atoms with Gasteiger partial charge in [0, 0.05) is 18.1 Å². The number of benzene rings is 2. The summed E-state index contributed by atoms with van der Waals surface area (Å²) in [6, 6.07) is 13.8. The van der Waals surface area contributed by atoms with Gasteiger partial charge in [-0.2, -0.15) is 0 Å². The molecule has 0 aliphatic carbocycles. The van der Waals surface area contributed by atoms with Gasteiger partial charge >= 0.3 is 0 Å². The van der Waals surface area contributed by atoms with Crippen molar-refractivity contribution < 1.29 is 19.2 Å². The van der Waals surface area contributed by atoms with Crippen LogP contribution in [0.5, 0.6) is 11.5 Å². The molecule has 1 aliphatic rings. The van der Waals surface area contributed by atoms with E-state index in [1.807, 2.05) is 6.07 Å². The van der Waals surface area contributed by atoms with Crippen molar-refractivity contribution in [3.63, 3.8) is 0 Å². The highest BCUT2D eigenvalue weighted by atomic mass is 16.5. The van der Waals surface area contributed by atoms with Gasteiger partial charge in [0.25, 0.3) is 5.91 Å². The number of carbonyl (C=O) groups is 1. The quantitative estimate of drug-likeness (QED) is 0.870. The van der Waals surface area contributed by atoms with E-state index in [2.05, 4.69) is 29.6 Å². The second-order valence-electron chi connectivity index (χ2n) is 5.99. The van der Waals surface area contributed by atoms with Crippen molar-refractivity contribution in [1.82, 2.24) is 0 Å². The number of ether oxygens (including phenoxy) is 2. The molecular formula is C19H23N2O3+. The Bertz CT molecular complexity index is 730. The van der Waals surface area contributed by atoms with E-state index in [9.17, 15) is 4.79 Å². The molecule has 0 radical (unpaired) electrons. The van der Waals surface area contributed by atoms with Crippen LogP contribution in [0, 0.1) is 0 Å². The normalized spacial score (nSPS) is 16.2. The van der Waals surface area contributed by atoms with Crippen LogP contribution in [0.4, 0.5) is 5.69 Å².